The van der Waals surface area contributed by atoms with Gasteiger partial charge in [0.2, 0.25) is 0 Å². The predicted octanol–water partition coefficient (Wildman–Crippen LogP) is 16.5. The Morgan fingerprint density at radius 2 is 0.908 bits per heavy atom. The largest absolute Gasteiger partial charge is 0.485 e. The van der Waals surface area contributed by atoms with Crippen molar-refractivity contribution in [3.63, 3.8) is 0 Å². The van der Waals surface area contributed by atoms with Gasteiger partial charge in [-0.1, -0.05) is 178 Å². The number of fused-ring (bicyclic) bond motifs is 6. The van der Waals surface area contributed by atoms with Crippen molar-refractivity contribution in [2.24, 2.45) is 0 Å². The zero-order valence-electron chi connectivity index (χ0n) is 36.6. The lowest BCUT2D eigenvalue weighted by molar-refractivity contribution is 0.269. The van der Waals surface area contributed by atoms with Crippen LogP contribution in [0.25, 0.3) is 55.7 Å². The van der Waals surface area contributed by atoms with Gasteiger partial charge in [-0.2, -0.15) is 0 Å². The van der Waals surface area contributed by atoms with Crippen LogP contribution in [0.15, 0.2) is 231 Å². The molecular weight excluding hydrogens is 791 g/mol. The van der Waals surface area contributed by atoms with Crippen LogP contribution in [0.2, 0.25) is 0 Å². The molecule has 12 rings (SSSR count). The van der Waals surface area contributed by atoms with Gasteiger partial charge in [-0.3, -0.25) is 0 Å². The first-order valence-corrected chi connectivity index (χ1v) is 22.9. The van der Waals surface area contributed by atoms with Crippen LogP contribution < -0.4 is 14.4 Å². The summed E-state index contributed by atoms with van der Waals surface area (Å²) in [6.45, 7) is 4.00. The van der Waals surface area contributed by atoms with Crippen LogP contribution in [0, 0.1) is 0 Å². The third-order valence-corrected chi connectivity index (χ3v) is 13.0. The van der Waals surface area contributed by atoms with Gasteiger partial charge in [-0.05, 0) is 122 Å². The Morgan fingerprint density at radius 1 is 0.431 bits per heavy atom. The van der Waals surface area contributed by atoms with Crippen LogP contribution in [-0.4, -0.2) is 12.2 Å². The van der Waals surface area contributed by atoms with Crippen LogP contribution in [-0.2, 0) is 0 Å². The van der Waals surface area contributed by atoms with Gasteiger partial charge in [0, 0.05) is 46.1 Å². The van der Waals surface area contributed by atoms with Crippen molar-refractivity contribution in [1.29, 1.82) is 0 Å². The molecule has 8 aromatic carbocycles. The van der Waals surface area contributed by atoms with Gasteiger partial charge in [-0.15, -0.1) is 0 Å². The van der Waals surface area contributed by atoms with E-state index in [2.05, 4.69) is 229 Å². The molecule has 2 heterocycles. The minimum atomic E-state index is 0.0771. The van der Waals surface area contributed by atoms with Gasteiger partial charge >= 0.3 is 0 Å². The van der Waals surface area contributed by atoms with Crippen molar-refractivity contribution in [2.45, 2.75) is 38.4 Å². The number of benzene rings is 8. The van der Waals surface area contributed by atoms with Crippen molar-refractivity contribution < 1.29 is 9.47 Å². The SMILES string of the molecule is C1=CC2Oc3ccc(-c4ccc(N(c5ccc(C6=CCC7Oc8ccccc8C7=C6)cc5)c5ccc(-c6ccc(-c7ccc(-c8ccccc8)cc7)cc6)cc5)cc4)cc3C2C=C1.CC. The molecule has 0 amide bonds. The van der Waals surface area contributed by atoms with Crippen LogP contribution in [0.3, 0.4) is 0 Å². The summed E-state index contributed by atoms with van der Waals surface area (Å²) in [4.78, 5) is 2.35. The molecule has 0 fully saturated rings. The van der Waals surface area contributed by atoms with Crippen molar-refractivity contribution in [2.75, 3.05) is 4.90 Å². The Hall–Kier alpha value is -7.88. The molecule has 65 heavy (non-hydrogen) atoms. The fraction of sp³-hybridized carbons (Fsp3) is 0.0968. The molecule has 4 aliphatic rings. The average Bonchev–Trinajstić information content (AvgIpc) is 3.96. The molecule has 2 aliphatic carbocycles. The quantitative estimate of drug-likeness (QED) is 0.152. The van der Waals surface area contributed by atoms with E-state index in [0.717, 1.165) is 35.0 Å². The Kier molecular flexibility index (Phi) is 10.7. The molecule has 3 nitrogen and oxygen atoms in total. The van der Waals surface area contributed by atoms with Crippen molar-refractivity contribution in [3.05, 3.63) is 247 Å². The third-order valence-electron chi connectivity index (χ3n) is 13.0. The Balaban J connectivity index is 0.00000231. The molecule has 0 spiro atoms. The number of nitrogens with zero attached hydrogens (tertiary/aromatic N) is 1. The van der Waals surface area contributed by atoms with E-state index in [1.54, 1.807) is 0 Å². The van der Waals surface area contributed by atoms with Crippen LogP contribution in [0.5, 0.6) is 11.5 Å². The van der Waals surface area contributed by atoms with Crippen LogP contribution in [0.4, 0.5) is 17.1 Å². The standard InChI is InChI=1S/C60H43NO2.C2H6/c1-2-8-40(9-3-1)41-14-16-42(17-15-41)43-18-20-44(21-19-43)45-22-30-50(31-23-45)61(51-32-24-46(25-33-51)48-28-36-59-55(38-48)53-10-4-6-12-57(53)62-59)52-34-26-47(27-35-52)49-29-37-60-56(39-49)54-11-5-7-13-58(54)63-60;1-2/h1-36,38-39,53,57,60H,37H2;1-2H3. The predicted molar refractivity (Wildman–Crippen MR) is 271 cm³/mol. The van der Waals surface area contributed by atoms with Crippen LogP contribution >= 0.6 is 0 Å². The fourth-order valence-electron chi connectivity index (χ4n) is 9.62. The van der Waals surface area contributed by atoms with Crippen LogP contribution in [0.1, 0.15) is 42.9 Å². The first-order chi connectivity index (χ1) is 32.2. The molecule has 0 saturated heterocycles. The lowest BCUT2D eigenvalue weighted by atomic mass is 9.90. The van der Waals surface area contributed by atoms with E-state index in [4.69, 9.17) is 9.47 Å². The smallest absolute Gasteiger partial charge is 0.128 e. The number of ether oxygens (including phenoxy) is 2. The summed E-state index contributed by atoms with van der Waals surface area (Å²) >= 11 is 0. The highest BCUT2D eigenvalue weighted by Crippen LogP contribution is 2.45. The van der Waals surface area contributed by atoms with E-state index < -0.39 is 0 Å². The van der Waals surface area contributed by atoms with Crippen molar-refractivity contribution in [3.8, 4) is 56.0 Å². The molecule has 0 N–H and O–H groups in total. The molecule has 8 aromatic rings. The Labute approximate surface area is 382 Å². The first-order valence-electron chi connectivity index (χ1n) is 22.9. The fourth-order valence-corrected chi connectivity index (χ4v) is 9.62. The molecular formula is C62H49NO2. The number of anilines is 3. The highest BCUT2D eigenvalue weighted by atomic mass is 16.5. The van der Waals surface area contributed by atoms with E-state index in [-0.39, 0.29) is 18.1 Å². The first kappa shape index (κ1) is 39.9. The van der Waals surface area contributed by atoms with Gasteiger partial charge in [0.15, 0.2) is 0 Å². The monoisotopic (exact) mass is 839 g/mol. The topological polar surface area (TPSA) is 21.7 Å². The van der Waals surface area contributed by atoms with Crippen molar-refractivity contribution in [1.82, 2.24) is 0 Å². The second-order valence-corrected chi connectivity index (χ2v) is 16.7. The normalized spacial score (nSPS) is 17.2. The van der Waals surface area contributed by atoms with Gasteiger partial charge in [-0.25, -0.2) is 0 Å². The second-order valence-electron chi connectivity index (χ2n) is 16.7. The van der Waals surface area contributed by atoms with E-state index in [9.17, 15) is 0 Å². The number of hydrogen-bond acceptors (Lipinski definition) is 3. The number of hydrogen-bond donors (Lipinski definition) is 0. The third kappa shape index (κ3) is 7.70. The molecule has 2 aliphatic heterocycles. The van der Waals surface area contributed by atoms with E-state index in [1.165, 1.54) is 72.3 Å². The summed E-state index contributed by atoms with van der Waals surface area (Å²) in [6.07, 6.45) is 14.2. The minimum absolute atomic E-state index is 0.0771. The zero-order valence-corrected chi connectivity index (χ0v) is 36.6. The summed E-state index contributed by atoms with van der Waals surface area (Å²) in [6, 6.07) is 70.2. The van der Waals surface area contributed by atoms with Gasteiger partial charge in [0.25, 0.3) is 0 Å². The number of allylic oxidation sites excluding steroid dienone is 4. The van der Waals surface area contributed by atoms with Gasteiger partial charge in [0.05, 0.1) is 0 Å². The number of rotatable bonds is 8. The summed E-state index contributed by atoms with van der Waals surface area (Å²) in [5.41, 5.74) is 19.0. The maximum absolute atomic E-state index is 6.27. The molecule has 0 saturated carbocycles. The molecule has 0 bridgehead atoms. The second kappa shape index (κ2) is 17.4. The zero-order chi connectivity index (χ0) is 43.7. The molecule has 3 unspecified atom stereocenters. The molecule has 0 aromatic heterocycles. The Morgan fingerprint density at radius 3 is 1.51 bits per heavy atom. The number of para-hydroxylation sites is 1. The average molecular weight is 840 g/mol. The summed E-state index contributed by atoms with van der Waals surface area (Å²) in [5, 5.41) is 0. The lowest BCUT2D eigenvalue weighted by Crippen LogP contribution is -2.15. The van der Waals surface area contributed by atoms with Gasteiger partial charge in [0.1, 0.15) is 23.7 Å². The summed E-state index contributed by atoms with van der Waals surface area (Å²) < 4.78 is 12.5. The molecule has 0 radical (unpaired) electrons. The minimum Gasteiger partial charge on any atom is -0.485 e. The highest BCUT2D eigenvalue weighted by Gasteiger charge is 2.32. The maximum Gasteiger partial charge on any atom is 0.128 e. The highest BCUT2D eigenvalue weighted by molar-refractivity contribution is 5.91. The Bertz CT molecular complexity index is 3100. The summed E-state index contributed by atoms with van der Waals surface area (Å²) in [5.74, 6) is 2.21. The molecule has 3 atom stereocenters. The molecule has 314 valence electrons. The lowest BCUT2D eigenvalue weighted by Gasteiger charge is -2.26. The van der Waals surface area contributed by atoms with E-state index >= 15 is 0 Å². The van der Waals surface area contributed by atoms with Crippen molar-refractivity contribution >= 4 is 28.2 Å². The van der Waals surface area contributed by atoms with Gasteiger partial charge < -0.3 is 14.4 Å². The van der Waals surface area contributed by atoms with E-state index in [1.807, 2.05) is 19.9 Å². The maximum atomic E-state index is 6.27. The molecule has 3 heteroatoms. The van der Waals surface area contributed by atoms with E-state index in [0.29, 0.717) is 0 Å². The summed E-state index contributed by atoms with van der Waals surface area (Å²) in [7, 11) is 0.